The summed E-state index contributed by atoms with van der Waals surface area (Å²) < 4.78 is 5.01. The molecule has 1 amide bonds. The molecule has 0 aromatic carbocycles. The Balaban J connectivity index is 1.50. The Hall–Kier alpha value is -2.44. The predicted octanol–water partition coefficient (Wildman–Crippen LogP) is 2.71. The van der Waals surface area contributed by atoms with Gasteiger partial charge in [-0.1, -0.05) is 12.1 Å². The maximum atomic E-state index is 11.7. The van der Waals surface area contributed by atoms with Crippen molar-refractivity contribution in [3.8, 4) is 0 Å². The van der Waals surface area contributed by atoms with Crippen molar-refractivity contribution in [3.05, 3.63) is 29.9 Å². The van der Waals surface area contributed by atoms with E-state index < -0.39 is 0 Å². The summed E-state index contributed by atoms with van der Waals surface area (Å²) in [6, 6.07) is 1.81. The first kappa shape index (κ1) is 16.4. The Morgan fingerprint density at radius 1 is 1.29 bits per heavy atom. The zero-order chi connectivity index (χ0) is 16.9. The van der Waals surface area contributed by atoms with E-state index in [0.29, 0.717) is 24.0 Å². The number of likely N-dealkylation sites (tertiary alicyclic amines) is 1. The number of carbonyl (C=O) groups is 1. The highest BCUT2D eigenvalue weighted by atomic mass is 16.5. The standard InChI is InChI=1S/C17H23N5O2/c1-3-17(23)22-6-4-13(5-7-22)9-14-10-19-16(11-18-14)20-15-8-12(2)24-21-15/h8,10-11,13H,3-7,9H2,1-2H3,(H,19,20,21). The van der Waals surface area contributed by atoms with Crippen molar-refractivity contribution in [2.24, 2.45) is 5.92 Å². The van der Waals surface area contributed by atoms with Crippen LogP contribution in [0.25, 0.3) is 0 Å². The van der Waals surface area contributed by atoms with Gasteiger partial charge in [0, 0.05) is 25.6 Å². The molecule has 7 heteroatoms. The van der Waals surface area contributed by atoms with E-state index in [9.17, 15) is 4.79 Å². The first-order valence-corrected chi connectivity index (χ1v) is 8.43. The second-order valence-corrected chi connectivity index (χ2v) is 6.22. The minimum Gasteiger partial charge on any atom is -0.360 e. The molecule has 0 radical (unpaired) electrons. The molecular weight excluding hydrogens is 306 g/mol. The molecule has 0 saturated carbocycles. The van der Waals surface area contributed by atoms with E-state index in [1.165, 1.54) is 0 Å². The van der Waals surface area contributed by atoms with Crippen LogP contribution in [0.1, 0.15) is 37.6 Å². The fourth-order valence-electron chi connectivity index (χ4n) is 2.99. The third kappa shape index (κ3) is 4.10. The van der Waals surface area contributed by atoms with Crippen molar-refractivity contribution in [2.45, 2.75) is 39.5 Å². The number of hydrogen-bond acceptors (Lipinski definition) is 6. The van der Waals surface area contributed by atoms with Crippen LogP contribution in [0.15, 0.2) is 23.0 Å². The smallest absolute Gasteiger partial charge is 0.222 e. The highest BCUT2D eigenvalue weighted by molar-refractivity contribution is 5.75. The lowest BCUT2D eigenvalue weighted by molar-refractivity contribution is -0.132. The second-order valence-electron chi connectivity index (χ2n) is 6.22. The highest BCUT2D eigenvalue weighted by Crippen LogP contribution is 2.21. The summed E-state index contributed by atoms with van der Waals surface area (Å²) in [7, 11) is 0. The zero-order valence-electron chi connectivity index (χ0n) is 14.2. The molecular formula is C17H23N5O2. The Kier molecular flexibility index (Phi) is 5.08. The van der Waals surface area contributed by atoms with Gasteiger partial charge in [-0.2, -0.15) is 0 Å². The summed E-state index contributed by atoms with van der Waals surface area (Å²) in [5.41, 5.74) is 0.983. The number of nitrogens with one attached hydrogen (secondary N) is 1. The van der Waals surface area contributed by atoms with Crippen LogP contribution in [0, 0.1) is 12.8 Å². The summed E-state index contributed by atoms with van der Waals surface area (Å²) >= 11 is 0. The van der Waals surface area contributed by atoms with Gasteiger partial charge >= 0.3 is 0 Å². The van der Waals surface area contributed by atoms with Crippen molar-refractivity contribution in [1.82, 2.24) is 20.0 Å². The second kappa shape index (κ2) is 7.42. The summed E-state index contributed by atoms with van der Waals surface area (Å²) in [5, 5.41) is 6.93. The first-order chi connectivity index (χ1) is 11.6. The maximum Gasteiger partial charge on any atom is 0.222 e. The largest absolute Gasteiger partial charge is 0.360 e. The lowest BCUT2D eigenvalue weighted by Crippen LogP contribution is -2.38. The fourth-order valence-corrected chi connectivity index (χ4v) is 2.99. The first-order valence-electron chi connectivity index (χ1n) is 8.43. The minimum absolute atomic E-state index is 0.256. The van der Waals surface area contributed by atoms with Gasteiger partial charge in [0.25, 0.3) is 0 Å². The molecule has 2 aromatic rings. The molecule has 0 spiro atoms. The zero-order valence-corrected chi connectivity index (χ0v) is 14.2. The van der Waals surface area contributed by atoms with Crippen molar-refractivity contribution in [1.29, 1.82) is 0 Å². The number of aryl methyl sites for hydroxylation is 1. The number of carbonyl (C=O) groups excluding carboxylic acids is 1. The van der Waals surface area contributed by atoms with Gasteiger partial charge in [0.1, 0.15) is 11.6 Å². The molecule has 0 atom stereocenters. The van der Waals surface area contributed by atoms with Crippen LogP contribution >= 0.6 is 0 Å². The lowest BCUT2D eigenvalue weighted by atomic mass is 9.92. The van der Waals surface area contributed by atoms with Gasteiger partial charge in [-0.25, -0.2) is 4.98 Å². The van der Waals surface area contributed by atoms with E-state index in [0.717, 1.165) is 43.8 Å². The molecule has 1 fully saturated rings. The van der Waals surface area contributed by atoms with Crippen LogP contribution < -0.4 is 5.32 Å². The van der Waals surface area contributed by atoms with Crippen molar-refractivity contribution < 1.29 is 9.32 Å². The molecule has 0 bridgehead atoms. The van der Waals surface area contributed by atoms with E-state index in [4.69, 9.17) is 4.52 Å². The average Bonchev–Trinajstić information content (AvgIpc) is 3.01. The van der Waals surface area contributed by atoms with E-state index in [1.54, 1.807) is 18.5 Å². The Morgan fingerprint density at radius 2 is 2.08 bits per heavy atom. The molecule has 128 valence electrons. The van der Waals surface area contributed by atoms with Crippen molar-refractivity contribution in [2.75, 3.05) is 18.4 Å². The molecule has 3 rings (SSSR count). The van der Waals surface area contributed by atoms with Gasteiger partial charge in [-0.3, -0.25) is 9.78 Å². The van der Waals surface area contributed by atoms with Crippen molar-refractivity contribution >= 4 is 17.5 Å². The quantitative estimate of drug-likeness (QED) is 0.908. The Labute approximate surface area is 141 Å². The van der Waals surface area contributed by atoms with E-state index in [2.05, 4.69) is 20.4 Å². The summed E-state index contributed by atoms with van der Waals surface area (Å²) in [6.45, 7) is 5.47. The molecule has 1 aliphatic rings. The van der Waals surface area contributed by atoms with Crippen LogP contribution in [-0.2, 0) is 11.2 Å². The van der Waals surface area contributed by atoms with Crippen LogP contribution in [0.4, 0.5) is 11.6 Å². The number of aromatic nitrogens is 3. The molecule has 1 aliphatic heterocycles. The third-order valence-electron chi connectivity index (χ3n) is 4.36. The molecule has 1 N–H and O–H groups in total. The van der Waals surface area contributed by atoms with Crippen LogP contribution in [0.5, 0.6) is 0 Å². The highest BCUT2D eigenvalue weighted by Gasteiger charge is 2.22. The van der Waals surface area contributed by atoms with Crippen LogP contribution in [0.3, 0.4) is 0 Å². The number of amides is 1. The number of nitrogens with zero attached hydrogens (tertiary/aromatic N) is 4. The summed E-state index contributed by atoms with van der Waals surface area (Å²) in [5.74, 6) is 2.84. The van der Waals surface area contributed by atoms with Crippen LogP contribution in [0.2, 0.25) is 0 Å². The normalized spacial score (nSPS) is 15.5. The SMILES string of the molecule is CCC(=O)N1CCC(Cc2cnc(Nc3cc(C)on3)cn2)CC1. The van der Waals surface area contributed by atoms with Gasteiger partial charge in [-0.05, 0) is 32.1 Å². The van der Waals surface area contributed by atoms with Crippen molar-refractivity contribution in [3.63, 3.8) is 0 Å². The lowest BCUT2D eigenvalue weighted by Gasteiger charge is -2.31. The summed E-state index contributed by atoms with van der Waals surface area (Å²) in [4.78, 5) is 22.5. The molecule has 0 unspecified atom stereocenters. The topological polar surface area (TPSA) is 84.2 Å². The monoisotopic (exact) mass is 329 g/mol. The predicted molar refractivity (Wildman–Crippen MR) is 89.9 cm³/mol. The maximum absolute atomic E-state index is 11.7. The summed E-state index contributed by atoms with van der Waals surface area (Å²) in [6.07, 6.45) is 7.09. The minimum atomic E-state index is 0.256. The molecule has 24 heavy (non-hydrogen) atoms. The van der Waals surface area contributed by atoms with Crippen LogP contribution in [-0.4, -0.2) is 39.0 Å². The Morgan fingerprint density at radius 3 is 2.67 bits per heavy atom. The van der Waals surface area contributed by atoms with Gasteiger partial charge < -0.3 is 14.7 Å². The number of piperidine rings is 1. The molecule has 0 aliphatic carbocycles. The number of rotatable bonds is 5. The number of anilines is 2. The van der Waals surface area contributed by atoms with Gasteiger partial charge in [0.15, 0.2) is 5.82 Å². The fraction of sp³-hybridized carbons (Fsp3) is 0.529. The van der Waals surface area contributed by atoms with Gasteiger partial charge in [-0.15, -0.1) is 0 Å². The molecule has 3 heterocycles. The molecule has 1 saturated heterocycles. The van der Waals surface area contributed by atoms with Gasteiger partial charge in [0.05, 0.1) is 18.1 Å². The van der Waals surface area contributed by atoms with Gasteiger partial charge in [0.2, 0.25) is 5.91 Å². The van der Waals surface area contributed by atoms with E-state index in [-0.39, 0.29) is 5.91 Å². The third-order valence-corrected chi connectivity index (χ3v) is 4.36. The molecule has 7 nitrogen and oxygen atoms in total. The van der Waals surface area contributed by atoms with E-state index in [1.807, 2.05) is 18.7 Å². The average molecular weight is 329 g/mol. The molecule has 2 aromatic heterocycles. The Bertz CT molecular complexity index is 675. The van der Waals surface area contributed by atoms with E-state index >= 15 is 0 Å². The number of hydrogen-bond donors (Lipinski definition) is 1.